The molecule has 1 heterocycles. The van der Waals surface area contributed by atoms with Crippen LogP contribution in [0, 0.1) is 0 Å². The molecule has 1 N–H and O–H groups in total. The van der Waals surface area contributed by atoms with Crippen molar-refractivity contribution in [3.8, 4) is 5.75 Å². The first-order valence-corrected chi connectivity index (χ1v) is 8.22. The molecular weight excluding hydrogens is 300 g/mol. The quantitative estimate of drug-likeness (QED) is 0.745. The largest absolute Gasteiger partial charge is 0.497 e. The highest BCUT2D eigenvalue weighted by Gasteiger charge is 2.06. The lowest BCUT2D eigenvalue weighted by molar-refractivity contribution is 0.414. The van der Waals surface area contributed by atoms with E-state index in [2.05, 4.69) is 12.2 Å². The molecule has 3 aromatic rings. The SMILES string of the molecule is CCCn1ccc2c(NCc3ccc(OC)cc3)cccc2c1=O. The molecule has 0 saturated carbocycles. The number of fused-ring (bicyclic) bond motifs is 1. The lowest BCUT2D eigenvalue weighted by Gasteiger charge is -2.12. The number of nitrogens with one attached hydrogen (secondary N) is 1. The van der Waals surface area contributed by atoms with Gasteiger partial charge in [0, 0.05) is 35.7 Å². The molecule has 4 heteroatoms. The molecule has 0 aliphatic carbocycles. The third-order valence-corrected chi connectivity index (χ3v) is 4.13. The van der Waals surface area contributed by atoms with E-state index in [1.807, 2.05) is 54.7 Å². The van der Waals surface area contributed by atoms with E-state index in [9.17, 15) is 4.79 Å². The first kappa shape index (κ1) is 16.1. The molecule has 0 unspecified atom stereocenters. The van der Waals surface area contributed by atoms with Crippen LogP contribution in [0.1, 0.15) is 18.9 Å². The summed E-state index contributed by atoms with van der Waals surface area (Å²) in [6.07, 6.45) is 2.83. The van der Waals surface area contributed by atoms with Gasteiger partial charge in [-0.05, 0) is 42.3 Å². The van der Waals surface area contributed by atoms with Crippen molar-refractivity contribution in [3.05, 3.63) is 70.6 Å². The van der Waals surface area contributed by atoms with E-state index in [1.165, 1.54) is 0 Å². The second-order valence-corrected chi connectivity index (χ2v) is 5.78. The first-order valence-electron chi connectivity index (χ1n) is 8.22. The lowest BCUT2D eigenvalue weighted by atomic mass is 10.1. The number of aryl methyl sites for hydroxylation is 1. The van der Waals surface area contributed by atoms with Crippen molar-refractivity contribution in [2.24, 2.45) is 0 Å². The summed E-state index contributed by atoms with van der Waals surface area (Å²) in [5, 5.41) is 5.15. The van der Waals surface area contributed by atoms with Gasteiger partial charge in [0.1, 0.15) is 5.75 Å². The normalized spacial score (nSPS) is 10.8. The van der Waals surface area contributed by atoms with Crippen molar-refractivity contribution in [2.75, 3.05) is 12.4 Å². The van der Waals surface area contributed by atoms with Crippen molar-refractivity contribution < 1.29 is 4.74 Å². The summed E-state index contributed by atoms with van der Waals surface area (Å²) in [5.74, 6) is 0.848. The molecule has 0 aliphatic heterocycles. The second-order valence-electron chi connectivity index (χ2n) is 5.78. The Balaban J connectivity index is 1.86. The molecule has 0 fully saturated rings. The first-order chi connectivity index (χ1) is 11.7. The van der Waals surface area contributed by atoms with E-state index in [-0.39, 0.29) is 5.56 Å². The Hall–Kier alpha value is -2.75. The van der Waals surface area contributed by atoms with E-state index in [1.54, 1.807) is 11.7 Å². The van der Waals surface area contributed by atoms with Crippen molar-refractivity contribution in [1.29, 1.82) is 0 Å². The van der Waals surface area contributed by atoms with Crippen LogP contribution in [0.4, 0.5) is 5.69 Å². The zero-order chi connectivity index (χ0) is 16.9. The van der Waals surface area contributed by atoms with Gasteiger partial charge in [-0.25, -0.2) is 0 Å². The fraction of sp³-hybridized carbons (Fsp3) is 0.250. The third-order valence-electron chi connectivity index (χ3n) is 4.13. The Morgan fingerprint density at radius 1 is 1.04 bits per heavy atom. The fourth-order valence-corrected chi connectivity index (χ4v) is 2.83. The predicted molar refractivity (Wildman–Crippen MR) is 98.8 cm³/mol. The third kappa shape index (κ3) is 3.27. The number of nitrogens with zero attached hydrogens (tertiary/aromatic N) is 1. The van der Waals surface area contributed by atoms with Crippen LogP contribution in [0.3, 0.4) is 0 Å². The fourth-order valence-electron chi connectivity index (χ4n) is 2.83. The molecule has 0 aliphatic rings. The molecule has 0 bridgehead atoms. The topological polar surface area (TPSA) is 43.3 Å². The van der Waals surface area contributed by atoms with Gasteiger partial charge < -0.3 is 14.6 Å². The molecule has 24 heavy (non-hydrogen) atoms. The van der Waals surface area contributed by atoms with Gasteiger partial charge in [0.15, 0.2) is 0 Å². The number of benzene rings is 2. The number of methoxy groups -OCH3 is 1. The molecule has 2 aromatic carbocycles. The van der Waals surface area contributed by atoms with Crippen LogP contribution < -0.4 is 15.6 Å². The minimum atomic E-state index is 0.0717. The highest BCUT2D eigenvalue weighted by molar-refractivity contribution is 5.93. The zero-order valence-corrected chi connectivity index (χ0v) is 14.1. The average Bonchev–Trinajstić information content (AvgIpc) is 2.63. The molecule has 3 rings (SSSR count). The molecule has 124 valence electrons. The van der Waals surface area contributed by atoms with Crippen molar-refractivity contribution in [2.45, 2.75) is 26.4 Å². The van der Waals surface area contributed by atoms with Gasteiger partial charge in [-0.3, -0.25) is 4.79 Å². The molecule has 0 spiro atoms. The standard InChI is InChI=1S/C20H22N2O2/c1-3-12-22-13-11-17-18(20(22)23)5-4-6-19(17)21-14-15-7-9-16(24-2)10-8-15/h4-11,13,21H,3,12,14H2,1-2H3. The Labute approximate surface area is 141 Å². The Morgan fingerprint density at radius 3 is 2.54 bits per heavy atom. The van der Waals surface area contributed by atoms with Crippen LogP contribution in [0.5, 0.6) is 5.75 Å². The molecule has 0 amide bonds. The van der Waals surface area contributed by atoms with Crippen LogP contribution >= 0.6 is 0 Å². The van der Waals surface area contributed by atoms with E-state index in [0.717, 1.165) is 40.7 Å². The average molecular weight is 322 g/mol. The summed E-state index contributed by atoms with van der Waals surface area (Å²) in [6.45, 7) is 3.52. The lowest BCUT2D eigenvalue weighted by Crippen LogP contribution is -2.19. The molecule has 0 saturated heterocycles. The number of aromatic nitrogens is 1. The van der Waals surface area contributed by atoms with Gasteiger partial charge in [-0.1, -0.05) is 25.1 Å². The van der Waals surface area contributed by atoms with Crippen LogP contribution in [-0.4, -0.2) is 11.7 Å². The minimum Gasteiger partial charge on any atom is -0.497 e. The van der Waals surface area contributed by atoms with Crippen LogP contribution in [0.25, 0.3) is 10.8 Å². The summed E-state index contributed by atoms with van der Waals surface area (Å²) < 4.78 is 6.95. The monoisotopic (exact) mass is 322 g/mol. The van der Waals surface area contributed by atoms with Crippen LogP contribution in [0.15, 0.2) is 59.5 Å². The van der Waals surface area contributed by atoms with E-state index in [0.29, 0.717) is 6.54 Å². The van der Waals surface area contributed by atoms with Gasteiger partial charge in [0.25, 0.3) is 5.56 Å². The summed E-state index contributed by atoms with van der Waals surface area (Å²) in [4.78, 5) is 12.5. The summed E-state index contributed by atoms with van der Waals surface area (Å²) in [7, 11) is 1.66. The number of rotatable bonds is 6. The highest BCUT2D eigenvalue weighted by Crippen LogP contribution is 2.22. The van der Waals surface area contributed by atoms with Gasteiger partial charge in [0.05, 0.1) is 7.11 Å². The Morgan fingerprint density at radius 2 is 1.83 bits per heavy atom. The van der Waals surface area contributed by atoms with Crippen LogP contribution in [-0.2, 0) is 13.1 Å². The van der Waals surface area contributed by atoms with Gasteiger partial charge in [-0.2, -0.15) is 0 Å². The molecular formula is C20H22N2O2. The van der Waals surface area contributed by atoms with Gasteiger partial charge in [-0.15, -0.1) is 0 Å². The predicted octanol–water partition coefficient (Wildman–Crippen LogP) is 4.03. The summed E-state index contributed by atoms with van der Waals surface area (Å²) in [5.41, 5.74) is 2.21. The minimum absolute atomic E-state index is 0.0717. The van der Waals surface area contributed by atoms with Crippen LogP contribution in [0.2, 0.25) is 0 Å². The molecule has 1 aromatic heterocycles. The summed E-state index contributed by atoms with van der Waals surface area (Å²) in [6, 6.07) is 15.8. The number of ether oxygens (including phenoxy) is 1. The number of pyridine rings is 1. The molecule has 0 radical (unpaired) electrons. The Bertz CT molecular complexity index is 882. The Kier molecular flexibility index (Phi) is 4.85. The van der Waals surface area contributed by atoms with E-state index in [4.69, 9.17) is 4.74 Å². The van der Waals surface area contributed by atoms with Crippen molar-refractivity contribution in [1.82, 2.24) is 4.57 Å². The van der Waals surface area contributed by atoms with Crippen molar-refractivity contribution in [3.63, 3.8) is 0 Å². The maximum absolute atomic E-state index is 12.5. The zero-order valence-electron chi connectivity index (χ0n) is 14.1. The molecule has 4 nitrogen and oxygen atoms in total. The van der Waals surface area contributed by atoms with E-state index >= 15 is 0 Å². The second kappa shape index (κ2) is 7.21. The number of hydrogen-bond donors (Lipinski definition) is 1. The maximum Gasteiger partial charge on any atom is 0.258 e. The molecule has 0 atom stereocenters. The highest BCUT2D eigenvalue weighted by atomic mass is 16.5. The number of hydrogen-bond acceptors (Lipinski definition) is 3. The maximum atomic E-state index is 12.5. The number of anilines is 1. The van der Waals surface area contributed by atoms with Gasteiger partial charge in [0.2, 0.25) is 0 Å². The summed E-state index contributed by atoms with van der Waals surface area (Å²) >= 11 is 0. The van der Waals surface area contributed by atoms with E-state index < -0.39 is 0 Å². The van der Waals surface area contributed by atoms with Crippen molar-refractivity contribution >= 4 is 16.5 Å². The smallest absolute Gasteiger partial charge is 0.258 e. The van der Waals surface area contributed by atoms with Gasteiger partial charge >= 0.3 is 0 Å².